The van der Waals surface area contributed by atoms with Crippen molar-refractivity contribution >= 4 is 36.1 Å². The molecule has 4 atom stereocenters. The lowest BCUT2D eigenvalue weighted by molar-refractivity contribution is -0.130. The summed E-state index contributed by atoms with van der Waals surface area (Å²) in [4.78, 5) is 27.8. The van der Waals surface area contributed by atoms with Crippen molar-refractivity contribution in [1.82, 2.24) is 15.5 Å². The summed E-state index contributed by atoms with van der Waals surface area (Å²) in [5.74, 6) is -0.612. The number of hydrogen-bond acceptors (Lipinski definition) is 6. The number of nitrogens with zero attached hydrogens (tertiary/aromatic N) is 1. The van der Waals surface area contributed by atoms with Crippen LogP contribution in [-0.2, 0) is 9.59 Å². The van der Waals surface area contributed by atoms with Gasteiger partial charge < -0.3 is 31.3 Å². The van der Waals surface area contributed by atoms with Gasteiger partial charge in [-0.2, -0.15) is 0 Å². The van der Waals surface area contributed by atoms with Gasteiger partial charge in [0.25, 0.3) is 0 Å². The minimum Gasteiger partial charge on any atom is -0.427 e. The summed E-state index contributed by atoms with van der Waals surface area (Å²) in [5, 5.41) is 24.5. The first kappa shape index (κ1) is 25.0. The molecule has 2 fully saturated rings. The lowest BCUT2D eigenvalue weighted by Gasteiger charge is -2.31. The Labute approximate surface area is 185 Å². The molecule has 0 spiro atoms. The highest BCUT2D eigenvalue weighted by Gasteiger charge is 2.36. The van der Waals surface area contributed by atoms with E-state index in [9.17, 15) is 19.6 Å². The van der Waals surface area contributed by atoms with Crippen molar-refractivity contribution in [3.05, 3.63) is 0 Å². The van der Waals surface area contributed by atoms with Crippen LogP contribution >= 0.6 is 12.2 Å². The van der Waals surface area contributed by atoms with E-state index >= 15 is 0 Å². The second-order valence-electron chi connectivity index (χ2n) is 9.13. The topological polar surface area (TPSA) is 128 Å². The molecule has 2 aliphatic rings. The molecule has 0 bridgehead atoms. The molecule has 8 nitrogen and oxygen atoms in total. The molecule has 170 valence electrons. The molecule has 0 radical (unpaired) electrons. The average molecular weight is 440 g/mol. The normalized spacial score (nSPS) is 23.0. The Morgan fingerprint density at radius 3 is 2.23 bits per heavy atom. The Kier molecular flexibility index (Phi) is 9.52. The third-order valence-corrected chi connectivity index (χ3v) is 6.91. The summed E-state index contributed by atoms with van der Waals surface area (Å²) in [6.07, 6.45) is 5.94. The van der Waals surface area contributed by atoms with E-state index in [0.717, 1.165) is 25.7 Å². The number of likely N-dealkylation sites (tertiary alicyclic amines) is 1. The maximum absolute atomic E-state index is 12.8. The van der Waals surface area contributed by atoms with Crippen molar-refractivity contribution in [2.45, 2.75) is 83.2 Å². The first-order chi connectivity index (χ1) is 14.1. The summed E-state index contributed by atoms with van der Waals surface area (Å²) < 4.78 is 0. The van der Waals surface area contributed by atoms with Gasteiger partial charge in [-0.05, 0) is 38.0 Å². The van der Waals surface area contributed by atoms with E-state index in [0.29, 0.717) is 24.5 Å². The molecule has 1 saturated carbocycles. The average Bonchev–Trinajstić information content (AvgIpc) is 3.21. The van der Waals surface area contributed by atoms with Crippen molar-refractivity contribution in [3.63, 3.8) is 0 Å². The van der Waals surface area contributed by atoms with Gasteiger partial charge in [0, 0.05) is 18.9 Å². The molecular formula is C20H37BN4O4S. The van der Waals surface area contributed by atoms with Crippen LogP contribution in [0.1, 0.15) is 59.3 Å². The van der Waals surface area contributed by atoms with Crippen LogP contribution in [0.15, 0.2) is 0 Å². The van der Waals surface area contributed by atoms with Gasteiger partial charge in [-0.15, -0.1) is 0 Å². The summed E-state index contributed by atoms with van der Waals surface area (Å²) in [5.41, 5.74) is 6.15. The third-order valence-electron chi connectivity index (χ3n) is 6.40. The van der Waals surface area contributed by atoms with Crippen molar-refractivity contribution < 1.29 is 19.6 Å². The molecular weight excluding hydrogens is 403 g/mol. The van der Waals surface area contributed by atoms with Crippen LogP contribution in [0.4, 0.5) is 0 Å². The zero-order valence-corrected chi connectivity index (χ0v) is 19.2. The van der Waals surface area contributed by atoms with Crippen molar-refractivity contribution in [2.24, 2.45) is 17.6 Å². The second kappa shape index (κ2) is 11.4. The molecule has 1 saturated heterocycles. The lowest BCUT2D eigenvalue weighted by atomic mass is 9.72. The van der Waals surface area contributed by atoms with E-state index in [-0.39, 0.29) is 35.5 Å². The van der Waals surface area contributed by atoms with Gasteiger partial charge in [-0.3, -0.25) is 9.59 Å². The fourth-order valence-corrected chi connectivity index (χ4v) is 4.80. The Bertz CT molecular complexity index is 616. The summed E-state index contributed by atoms with van der Waals surface area (Å²) >= 11 is 5.61. The number of thiocarbonyl (C=S) groups is 1. The molecule has 30 heavy (non-hydrogen) atoms. The molecule has 0 aromatic heterocycles. The van der Waals surface area contributed by atoms with Gasteiger partial charge in [0.15, 0.2) is 0 Å². The molecule has 1 heterocycles. The minimum absolute atomic E-state index is 0.0481. The molecule has 2 rings (SSSR count). The summed E-state index contributed by atoms with van der Waals surface area (Å²) in [6.45, 7) is 6.66. The van der Waals surface area contributed by atoms with Crippen LogP contribution in [0, 0.1) is 11.8 Å². The quantitative estimate of drug-likeness (QED) is 0.273. The van der Waals surface area contributed by atoms with Crippen LogP contribution in [-0.4, -0.2) is 70.1 Å². The molecule has 1 aliphatic heterocycles. The molecule has 10 heteroatoms. The summed E-state index contributed by atoms with van der Waals surface area (Å²) in [7, 11) is -1.37. The van der Waals surface area contributed by atoms with E-state index in [4.69, 9.17) is 18.0 Å². The standard InChI is InChI=1S/C20H37BN4O4S/c1-12(2)17(20(30)25-10-9-15(11-25)21(28)29)24-18(26)13(3)23-19(27)16(22)14-7-5-4-6-8-14/h12-17,28-29H,4-11,22H2,1-3H3,(H,23,27)(H,24,26)/t13-,15+,16-,17-/m0/s1. The monoisotopic (exact) mass is 440 g/mol. The number of hydrogen-bond donors (Lipinski definition) is 5. The predicted molar refractivity (Wildman–Crippen MR) is 122 cm³/mol. The van der Waals surface area contributed by atoms with Crippen LogP contribution < -0.4 is 16.4 Å². The number of nitrogens with one attached hydrogen (secondary N) is 2. The Morgan fingerprint density at radius 1 is 1.07 bits per heavy atom. The highest BCUT2D eigenvalue weighted by atomic mass is 32.1. The van der Waals surface area contributed by atoms with E-state index in [1.54, 1.807) is 6.92 Å². The zero-order valence-electron chi connectivity index (χ0n) is 18.3. The largest absolute Gasteiger partial charge is 0.456 e. The highest BCUT2D eigenvalue weighted by molar-refractivity contribution is 7.80. The van der Waals surface area contributed by atoms with E-state index in [1.807, 2.05) is 18.7 Å². The Morgan fingerprint density at radius 2 is 1.70 bits per heavy atom. The molecule has 1 aliphatic carbocycles. The molecule has 2 amide bonds. The lowest BCUT2D eigenvalue weighted by Crippen LogP contribution is -2.56. The van der Waals surface area contributed by atoms with Crippen LogP contribution in [0.3, 0.4) is 0 Å². The van der Waals surface area contributed by atoms with Crippen molar-refractivity contribution in [3.8, 4) is 0 Å². The zero-order chi connectivity index (χ0) is 22.4. The molecule has 0 aromatic rings. The van der Waals surface area contributed by atoms with Gasteiger partial charge in [0.1, 0.15) is 11.0 Å². The number of nitrogens with two attached hydrogens (primary N) is 1. The summed E-state index contributed by atoms with van der Waals surface area (Å²) in [6, 6.07) is -1.69. The number of carbonyl (C=O) groups excluding carboxylic acids is 2. The maximum Gasteiger partial charge on any atom is 0.456 e. The smallest absolute Gasteiger partial charge is 0.427 e. The van der Waals surface area contributed by atoms with Crippen LogP contribution in [0.5, 0.6) is 0 Å². The van der Waals surface area contributed by atoms with Gasteiger partial charge in [-0.25, -0.2) is 0 Å². The van der Waals surface area contributed by atoms with E-state index < -0.39 is 19.2 Å². The highest BCUT2D eigenvalue weighted by Crippen LogP contribution is 2.26. The number of carbonyl (C=O) groups is 2. The molecule has 0 aromatic carbocycles. The Hall–Kier alpha value is -1.23. The fraction of sp³-hybridized carbons (Fsp3) is 0.850. The first-order valence-corrected chi connectivity index (χ1v) is 11.5. The van der Waals surface area contributed by atoms with Gasteiger partial charge in [-0.1, -0.05) is 45.3 Å². The van der Waals surface area contributed by atoms with Crippen LogP contribution in [0.2, 0.25) is 5.82 Å². The maximum atomic E-state index is 12.8. The third kappa shape index (κ3) is 6.64. The SMILES string of the molecule is CC(C)[C@H](NC(=O)[C@H](C)NC(=O)[C@@H](N)C1CCCCC1)C(=S)N1CC[C@@H](B(O)O)C1. The van der Waals surface area contributed by atoms with E-state index in [1.165, 1.54) is 6.42 Å². The molecule has 6 N–H and O–H groups in total. The van der Waals surface area contributed by atoms with E-state index in [2.05, 4.69) is 10.6 Å². The van der Waals surface area contributed by atoms with Crippen molar-refractivity contribution in [2.75, 3.05) is 13.1 Å². The number of rotatable bonds is 8. The van der Waals surface area contributed by atoms with Gasteiger partial charge in [0.05, 0.1) is 12.1 Å². The second-order valence-corrected chi connectivity index (χ2v) is 9.55. The fourth-order valence-electron chi connectivity index (χ4n) is 4.30. The number of amides is 2. The van der Waals surface area contributed by atoms with Crippen molar-refractivity contribution in [1.29, 1.82) is 0 Å². The molecule has 0 unspecified atom stereocenters. The first-order valence-electron chi connectivity index (χ1n) is 11.1. The van der Waals surface area contributed by atoms with Gasteiger partial charge >= 0.3 is 7.12 Å². The van der Waals surface area contributed by atoms with Crippen LogP contribution in [0.25, 0.3) is 0 Å². The Balaban J connectivity index is 1.90. The van der Waals surface area contributed by atoms with Gasteiger partial charge in [0.2, 0.25) is 11.8 Å². The predicted octanol–water partition coefficient (Wildman–Crippen LogP) is 0.416. The minimum atomic E-state index is -1.37.